The van der Waals surface area contributed by atoms with Gasteiger partial charge in [0.1, 0.15) is 10.0 Å². The summed E-state index contributed by atoms with van der Waals surface area (Å²) in [5, 5.41) is 2.66. The van der Waals surface area contributed by atoms with E-state index >= 15 is 0 Å². The molecule has 1 fully saturated rings. The van der Waals surface area contributed by atoms with Crippen molar-refractivity contribution in [2.75, 3.05) is 13.7 Å². The minimum absolute atomic E-state index is 0.0268. The van der Waals surface area contributed by atoms with Crippen molar-refractivity contribution in [2.24, 2.45) is 0 Å². The van der Waals surface area contributed by atoms with Gasteiger partial charge in [-0.15, -0.1) is 0 Å². The molecule has 0 bridgehead atoms. The van der Waals surface area contributed by atoms with Crippen molar-refractivity contribution in [3.8, 4) is 11.3 Å². The van der Waals surface area contributed by atoms with Crippen LogP contribution in [0.5, 0.6) is 0 Å². The molecule has 0 atom stereocenters. The van der Waals surface area contributed by atoms with Gasteiger partial charge < -0.3 is 10.1 Å². The Bertz CT molecular complexity index is 1630. The molecule has 1 aliphatic heterocycles. The third-order valence-corrected chi connectivity index (χ3v) is 7.46. The molecule has 8 nitrogen and oxygen atoms in total. The Morgan fingerprint density at radius 1 is 1.05 bits per heavy atom. The number of halogens is 6. The Morgan fingerprint density at radius 3 is 2.36 bits per heavy atom. The molecule has 1 aliphatic rings. The van der Waals surface area contributed by atoms with Crippen LogP contribution in [0.3, 0.4) is 0 Å². The Balaban J connectivity index is 1.44. The highest BCUT2D eigenvalue weighted by atomic mass is 32.2. The van der Waals surface area contributed by atoms with Crippen LogP contribution in [0.15, 0.2) is 59.6 Å². The number of aromatic nitrogens is 2. The lowest BCUT2D eigenvalue weighted by atomic mass is 10.0. The first kappa shape index (κ1) is 32.6. The molecule has 3 aromatic rings. The summed E-state index contributed by atoms with van der Waals surface area (Å²) in [6.07, 6.45) is -7.45. The van der Waals surface area contributed by atoms with Gasteiger partial charge in [-0.1, -0.05) is 30.0 Å². The number of rotatable bonds is 8. The van der Waals surface area contributed by atoms with Crippen molar-refractivity contribution in [1.29, 1.82) is 0 Å². The summed E-state index contributed by atoms with van der Waals surface area (Å²) in [5.41, 5.74) is -2.78. The average molecular weight is 655 g/mol. The molecule has 16 heteroatoms. The molecule has 2 aromatic heterocycles. The molecule has 0 aliphatic carbocycles. The van der Waals surface area contributed by atoms with Gasteiger partial charge in [0, 0.05) is 31.3 Å². The number of benzene rings is 1. The number of nitrogens with zero attached hydrogens (tertiary/aromatic N) is 3. The van der Waals surface area contributed by atoms with Crippen molar-refractivity contribution in [2.45, 2.75) is 25.3 Å². The predicted molar refractivity (Wildman–Crippen MR) is 152 cm³/mol. The second-order valence-corrected chi connectivity index (χ2v) is 10.8. The fraction of sp³-hybridized carbons (Fsp3) is 0.214. The molecule has 1 aromatic carbocycles. The fourth-order valence-corrected chi connectivity index (χ4v) is 5.22. The van der Waals surface area contributed by atoms with Gasteiger partial charge >= 0.3 is 18.3 Å². The number of carbonyl (C=O) groups is 3. The first-order chi connectivity index (χ1) is 20.7. The maximum atomic E-state index is 13.3. The minimum atomic E-state index is -5.02. The van der Waals surface area contributed by atoms with Gasteiger partial charge in [-0.3, -0.25) is 14.5 Å². The number of esters is 1. The van der Waals surface area contributed by atoms with E-state index in [9.17, 15) is 40.7 Å². The number of carbonyl (C=O) groups excluding carboxylic acids is 3. The van der Waals surface area contributed by atoms with Crippen molar-refractivity contribution in [3.63, 3.8) is 0 Å². The molecule has 230 valence electrons. The number of alkyl halides is 6. The van der Waals surface area contributed by atoms with Crippen molar-refractivity contribution < 1.29 is 45.5 Å². The van der Waals surface area contributed by atoms with Crippen LogP contribution < -0.4 is 5.32 Å². The minimum Gasteiger partial charge on any atom is -0.464 e. The van der Waals surface area contributed by atoms with Gasteiger partial charge in [0.25, 0.3) is 5.91 Å². The van der Waals surface area contributed by atoms with E-state index in [1.807, 2.05) is 0 Å². The molecule has 0 unspecified atom stereocenters. The van der Waals surface area contributed by atoms with E-state index < -0.39 is 46.8 Å². The lowest BCUT2D eigenvalue weighted by molar-refractivity contribution is -0.143. The zero-order valence-corrected chi connectivity index (χ0v) is 24.1. The van der Waals surface area contributed by atoms with Crippen LogP contribution in [-0.4, -0.2) is 50.6 Å². The van der Waals surface area contributed by atoms with E-state index in [1.165, 1.54) is 48.5 Å². The van der Waals surface area contributed by atoms with Gasteiger partial charge in [-0.25, -0.2) is 14.8 Å². The number of nitrogens with one attached hydrogen (secondary N) is 1. The largest absolute Gasteiger partial charge is 0.464 e. The number of pyridine rings is 2. The third kappa shape index (κ3) is 7.99. The maximum absolute atomic E-state index is 13.3. The van der Waals surface area contributed by atoms with E-state index in [0.717, 1.165) is 11.8 Å². The second-order valence-electron chi connectivity index (χ2n) is 9.14. The Kier molecular flexibility index (Phi) is 9.73. The molecule has 0 saturated carbocycles. The average Bonchev–Trinajstić information content (AvgIpc) is 3.24. The summed E-state index contributed by atoms with van der Waals surface area (Å²) >= 11 is 6.17. The molecule has 4 rings (SSSR count). The molecule has 2 amide bonds. The van der Waals surface area contributed by atoms with Gasteiger partial charge in [-0.05, 0) is 54.1 Å². The molecule has 44 heavy (non-hydrogen) atoms. The summed E-state index contributed by atoms with van der Waals surface area (Å²) in [7, 11) is 1.21. The van der Waals surface area contributed by atoms with Crippen LogP contribution in [0, 0.1) is 0 Å². The van der Waals surface area contributed by atoms with Crippen LogP contribution in [0.2, 0.25) is 0 Å². The number of hydrogen-bond acceptors (Lipinski definition) is 8. The van der Waals surface area contributed by atoms with Crippen LogP contribution >= 0.6 is 24.0 Å². The summed E-state index contributed by atoms with van der Waals surface area (Å²) in [5.74, 6) is -1.59. The highest BCUT2D eigenvalue weighted by Gasteiger charge is 2.37. The molecule has 3 heterocycles. The quantitative estimate of drug-likeness (QED) is 0.139. The summed E-state index contributed by atoms with van der Waals surface area (Å²) in [4.78, 5) is 46.4. The number of thioether (sulfide) groups is 1. The molecule has 1 N–H and O–H groups in total. The summed E-state index contributed by atoms with van der Waals surface area (Å²) < 4.78 is 84.6. The van der Waals surface area contributed by atoms with Crippen LogP contribution in [-0.2, 0) is 33.2 Å². The van der Waals surface area contributed by atoms with Gasteiger partial charge in [0.05, 0.1) is 34.5 Å². The van der Waals surface area contributed by atoms with Gasteiger partial charge in [0.15, 0.2) is 0 Å². The van der Waals surface area contributed by atoms with Crippen LogP contribution in [0.1, 0.15) is 39.3 Å². The van der Waals surface area contributed by atoms with Gasteiger partial charge in [-0.2, -0.15) is 26.3 Å². The topological polar surface area (TPSA) is 101 Å². The van der Waals surface area contributed by atoms with Crippen molar-refractivity contribution >= 4 is 52.2 Å². The highest BCUT2D eigenvalue weighted by Crippen LogP contribution is 2.38. The lowest BCUT2D eigenvalue weighted by Gasteiger charge is -2.14. The van der Waals surface area contributed by atoms with Crippen LogP contribution in [0.4, 0.5) is 26.3 Å². The van der Waals surface area contributed by atoms with E-state index in [0.29, 0.717) is 17.7 Å². The number of thiocarbonyl (C=S) groups is 1. The zero-order chi connectivity index (χ0) is 32.2. The van der Waals surface area contributed by atoms with E-state index in [1.54, 1.807) is 6.07 Å². The van der Waals surface area contributed by atoms with Gasteiger partial charge in [0.2, 0.25) is 5.91 Å². The molecule has 0 radical (unpaired) electrons. The number of methoxy groups -OCH3 is 1. The monoisotopic (exact) mass is 654 g/mol. The fourth-order valence-electron chi connectivity index (χ4n) is 3.93. The molecular formula is C28H20F6N4O4S2. The van der Waals surface area contributed by atoms with Crippen LogP contribution in [0.25, 0.3) is 17.3 Å². The van der Waals surface area contributed by atoms with E-state index in [2.05, 4.69) is 20.0 Å². The second kappa shape index (κ2) is 13.1. The highest BCUT2D eigenvalue weighted by molar-refractivity contribution is 8.26. The Morgan fingerprint density at radius 2 is 1.73 bits per heavy atom. The summed E-state index contributed by atoms with van der Waals surface area (Å²) in [6, 6.07) is 8.28. The van der Waals surface area contributed by atoms with Crippen molar-refractivity contribution in [1.82, 2.24) is 20.2 Å². The van der Waals surface area contributed by atoms with Crippen molar-refractivity contribution in [3.05, 3.63) is 87.7 Å². The third-order valence-electron chi connectivity index (χ3n) is 6.08. The van der Waals surface area contributed by atoms with E-state index in [-0.39, 0.29) is 51.9 Å². The Hall–Kier alpha value is -4.31. The molecule has 1 saturated heterocycles. The number of amides is 2. The standard InChI is InChI=1S/C28H20F6N4O4S2/c1-42-25(41)21-9-15(5-7-35-21)14-36-23(39)6-8-38-24(40)22(44-26(38)43)13-19-3-2-4-20(37-19)16-10-17(27(29,30)31)12-18(11-16)28(32,33)34/h2-5,7,9-13H,6,8,14H2,1H3,(H,36,39)/b22-13-. The smallest absolute Gasteiger partial charge is 0.416 e. The number of hydrogen-bond donors (Lipinski definition) is 1. The first-order valence-corrected chi connectivity index (χ1v) is 13.7. The summed E-state index contributed by atoms with van der Waals surface area (Å²) in [6.45, 7) is 0.0253. The molecule has 0 spiro atoms. The first-order valence-electron chi connectivity index (χ1n) is 12.5. The number of ether oxygens (including phenoxy) is 1. The zero-order valence-electron chi connectivity index (χ0n) is 22.5. The Labute approximate surface area is 255 Å². The molecular weight excluding hydrogens is 634 g/mol. The predicted octanol–water partition coefficient (Wildman–Crippen LogP) is 5.88. The lowest BCUT2D eigenvalue weighted by Crippen LogP contribution is -2.33. The maximum Gasteiger partial charge on any atom is 0.416 e. The van der Waals surface area contributed by atoms with E-state index in [4.69, 9.17) is 12.2 Å². The SMILES string of the molecule is COC(=O)c1cc(CNC(=O)CCN2C(=O)/C(=C/c3cccc(-c4cc(C(F)(F)F)cc(C(F)(F)F)c4)n3)SC2=S)ccn1. The normalized spacial score (nSPS) is 14.7.